The van der Waals surface area contributed by atoms with E-state index < -0.39 is 24.0 Å². The zero-order valence-corrected chi connectivity index (χ0v) is 17.7. The number of hydrogen-bond donors (Lipinski definition) is 2. The molecule has 150 valence electrons. The molecular weight excluding hydrogens is 427 g/mol. The number of carbonyl (C=O) groups is 2. The fraction of sp³-hybridized carbons (Fsp3) is 0.263. The molecule has 0 bridgehead atoms. The third-order valence-corrected chi connectivity index (χ3v) is 4.87. The first-order valence-electron chi connectivity index (χ1n) is 8.23. The number of halogens is 3. The van der Waals surface area contributed by atoms with Gasteiger partial charge in [-0.1, -0.05) is 40.9 Å². The summed E-state index contributed by atoms with van der Waals surface area (Å²) in [5, 5.41) is 3.83. The summed E-state index contributed by atoms with van der Waals surface area (Å²) in [5.74, 6) is -1.06. The molecule has 0 fully saturated rings. The van der Waals surface area contributed by atoms with Crippen molar-refractivity contribution in [2.45, 2.75) is 26.0 Å². The van der Waals surface area contributed by atoms with Crippen LogP contribution < -0.4 is 15.8 Å². The number of hydrogen-bond acceptors (Lipinski definition) is 5. The molecule has 3 N–H and O–H groups in total. The van der Waals surface area contributed by atoms with Crippen molar-refractivity contribution in [3.05, 3.63) is 56.5 Å². The summed E-state index contributed by atoms with van der Waals surface area (Å²) in [6.07, 6.45) is -1.07. The Morgan fingerprint density at radius 2 is 1.75 bits per heavy atom. The SMILES string of the molecule is COc1cc(N)c(Cl)cc1C(=O)OC(C)C(=O)NC(C)c1ccc(Cl)cc1Cl. The fourth-order valence-electron chi connectivity index (χ4n) is 2.44. The molecule has 9 heteroatoms. The molecule has 2 unspecified atom stereocenters. The van der Waals surface area contributed by atoms with Gasteiger partial charge in [0.1, 0.15) is 11.3 Å². The van der Waals surface area contributed by atoms with Gasteiger partial charge in [-0.3, -0.25) is 4.79 Å². The van der Waals surface area contributed by atoms with Crippen molar-refractivity contribution in [1.29, 1.82) is 0 Å². The molecule has 2 aromatic rings. The van der Waals surface area contributed by atoms with Crippen molar-refractivity contribution in [2.24, 2.45) is 0 Å². The number of carbonyl (C=O) groups excluding carboxylic acids is 2. The van der Waals surface area contributed by atoms with Crippen LogP contribution in [0.15, 0.2) is 30.3 Å². The predicted octanol–water partition coefficient (Wildman–Crippen LogP) is 4.66. The van der Waals surface area contributed by atoms with Crippen LogP contribution in [0.4, 0.5) is 5.69 Å². The second kappa shape index (κ2) is 9.37. The summed E-state index contributed by atoms with van der Waals surface area (Å²) in [7, 11) is 1.38. The van der Waals surface area contributed by atoms with Crippen LogP contribution in [0.2, 0.25) is 15.1 Å². The Labute approximate surface area is 177 Å². The number of benzene rings is 2. The van der Waals surface area contributed by atoms with Crippen molar-refractivity contribution in [2.75, 3.05) is 12.8 Å². The zero-order chi connectivity index (χ0) is 21.0. The molecule has 2 rings (SSSR count). The molecule has 0 radical (unpaired) electrons. The maximum Gasteiger partial charge on any atom is 0.342 e. The van der Waals surface area contributed by atoms with Crippen molar-refractivity contribution < 1.29 is 19.1 Å². The Kier molecular flexibility index (Phi) is 7.41. The van der Waals surface area contributed by atoms with E-state index in [0.717, 1.165) is 0 Å². The molecule has 1 amide bonds. The third-order valence-electron chi connectivity index (χ3n) is 3.98. The van der Waals surface area contributed by atoms with E-state index in [4.69, 9.17) is 50.0 Å². The minimum absolute atomic E-state index is 0.0649. The zero-order valence-electron chi connectivity index (χ0n) is 15.4. The van der Waals surface area contributed by atoms with Crippen molar-refractivity contribution in [3.63, 3.8) is 0 Å². The lowest BCUT2D eigenvalue weighted by Crippen LogP contribution is -2.37. The standard InChI is InChI=1S/C19H19Cl3N2O4/c1-9(12-5-4-11(20)6-14(12)21)24-18(25)10(2)28-19(26)13-7-15(22)16(23)8-17(13)27-3/h4-10H,23H2,1-3H3,(H,24,25). The lowest BCUT2D eigenvalue weighted by molar-refractivity contribution is -0.129. The summed E-state index contributed by atoms with van der Waals surface area (Å²) in [4.78, 5) is 24.8. The van der Waals surface area contributed by atoms with Crippen LogP contribution in [-0.2, 0) is 9.53 Å². The van der Waals surface area contributed by atoms with Gasteiger partial charge in [0.25, 0.3) is 5.91 Å². The Balaban J connectivity index is 2.08. The first-order valence-corrected chi connectivity index (χ1v) is 9.36. The summed E-state index contributed by atoms with van der Waals surface area (Å²) < 4.78 is 10.4. The molecule has 2 atom stereocenters. The van der Waals surface area contributed by atoms with Crippen LogP contribution in [0.3, 0.4) is 0 Å². The van der Waals surface area contributed by atoms with Crippen molar-refractivity contribution in [1.82, 2.24) is 5.32 Å². The third kappa shape index (κ3) is 5.22. The summed E-state index contributed by atoms with van der Waals surface area (Å²) >= 11 is 18.0. The highest BCUT2D eigenvalue weighted by Crippen LogP contribution is 2.30. The normalized spacial score (nSPS) is 12.8. The van der Waals surface area contributed by atoms with Crippen LogP contribution in [0.1, 0.15) is 35.8 Å². The van der Waals surface area contributed by atoms with Gasteiger partial charge in [0.15, 0.2) is 6.10 Å². The molecule has 0 spiro atoms. The van der Waals surface area contributed by atoms with Crippen LogP contribution in [0.5, 0.6) is 5.75 Å². The number of rotatable bonds is 6. The van der Waals surface area contributed by atoms with Crippen LogP contribution >= 0.6 is 34.8 Å². The van der Waals surface area contributed by atoms with Gasteiger partial charge < -0.3 is 20.5 Å². The molecule has 0 aliphatic carbocycles. The van der Waals surface area contributed by atoms with Gasteiger partial charge in [0, 0.05) is 16.1 Å². The molecule has 0 aliphatic rings. The number of nitrogens with two attached hydrogens (primary N) is 1. The minimum Gasteiger partial charge on any atom is -0.496 e. The fourth-order valence-corrected chi connectivity index (χ4v) is 3.17. The summed E-state index contributed by atoms with van der Waals surface area (Å²) in [5.41, 5.74) is 6.71. The number of nitrogen functional groups attached to an aromatic ring is 1. The van der Waals surface area contributed by atoms with E-state index in [1.807, 2.05) is 0 Å². The first-order chi connectivity index (χ1) is 13.1. The monoisotopic (exact) mass is 444 g/mol. The van der Waals surface area contributed by atoms with E-state index in [9.17, 15) is 9.59 Å². The van der Waals surface area contributed by atoms with E-state index in [0.29, 0.717) is 15.6 Å². The maximum atomic E-state index is 12.4. The van der Waals surface area contributed by atoms with E-state index in [1.54, 1.807) is 25.1 Å². The lowest BCUT2D eigenvalue weighted by atomic mass is 10.1. The average molecular weight is 446 g/mol. The largest absolute Gasteiger partial charge is 0.496 e. The van der Waals surface area contributed by atoms with Crippen LogP contribution in [0, 0.1) is 0 Å². The highest BCUT2D eigenvalue weighted by molar-refractivity contribution is 6.35. The highest BCUT2D eigenvalue weighted by Gasteiger charge is 2.24. The van der Waals surface area contributed by atoms with Gasteiger partial charge in [-0.05, 0) is 37.6 Å². The highest BCUT2D eigenvalue weighted by atomic mass is 35.5. The maximum absolute atomic E-state index is 12.4. The number of nitrogens with one attached hydrogen (secondary N) is 1. The van der Waals surface area contributed by atoms with Crippen molar-refractivity contribution in [3.8, 4) is 5.75 Å². The number of esters is 1. The second-order valence-corrected chi connectivity index (χ2v) is 7.27. The van der Waals surface area contributed by atoms with Gasteiger partial charge in [-0.15, -0.1) is 0 Å². The number of ether oxygens (including phenoxy) is 2. The molecular formula is C19H19Cl3N2O4. The Bertz CT molecular complexity index is 905. The van der Waals surface area contributed by atoms with Gasteiger partial charge >= 0.3 is 5.97 Å². The molecule has 28 heavy (non-hydrogen) atoms. The van der Waals surface area contributed by atoms with E-state index >= 15 is 0 Å². The topological polar surface area (TPSA) is 90.7 Å². The van der Waals surface area contributed by atoms with Gasteiger partial charge in [0.2, 0.25) is 0 Å². The smallest absolute Gasteiger partial charge is 0.342 e. The molecule has 0 heterocycles. The Hall–Kier alpha value is -2.15. The van der Waals surface area contributed by atoms with E-state index in [1.165, 1.54) is 26.2 Å². The molecule has 0 aromatic heterocycles. The Morgan fingerprint density at radius 3 is 2.36 bits per heavy atom. The summed E-state index contributed by atoms with van der Waals surface area (Å²) in [6.45, 7) is 3.21. The van der Waals surface area contributed by atoms with E-state index in [-0.39, 0.29) is 22.0 Å². The van der Waals surface area contributed by atoms with Crippen LogP contribution in [0.25, 0.3) is 0 Å². The van der Waals surface area contributed by atoms with Crippen molar-refractivity contribution >= 4 is 52.4 Å². The Morgan fingerprint density at radius 1 is 1.07 bits per heavy atom. The average Bonchev–Trinajstić information content (AvgIpc) is 2.63. The number of anilines is 1. The molecule has 0 saturated heterocycles. The number of methoxy groups -OCH3 is 1. The van der Waals surface area contributed by atoms with E-state index in [2.05, 4.69) is 5.32 Å². The molecule has 6 nitrogen and oxygen atoms in total. The number of amides is 1. The molecule has 2 aromatic carbocycles. The second-order valence-electron chi connectivity index (χ2n) is 6.02. The first kappa shape index (κ1) is 22.1. The molecule has 0 aliphatic heterocycles. The lowest BCUT2D eigenvalue weighted by Gasteiger charge is -2.19. The minimum atomic E-state index is -1.07. The predicted molar refractivity (Wildman–Crippen MR) is 110 cm³/mol. The van der Waals surface area contributed by atoms with Crippen LogP contribution in [-0.4, -0.2) is 25.1 Å². The van der Waals surface area contributed by atoms with Gasteiger partial charge in [0.05, 0.1) is 23.9 Å². The molecule has 0 saturated carbocycles. The summed E-state index contributed by atoms with van der Waals surface area (Å²) in [6, 6.07) is 7.30. The van der Waals surface area contributed by atoms with Gasteiger partial charge in [-0.2, -0.15) is 0 Å². The quantitative estimate of drug-likeness (QED) is 0.498. The van der Waals surface area contributed by atoms with Gasteiger partial charge in [-0.25, -0.2) is 4.79 Å².